The second-order valence-corrected chi connectivity index (χ2v) is 4.21. The van der Waals surface area contributed by atoms with Crippen molar-refractivity contribution in [1.29, 1.82) is 0 Å². The second kappa shape index (κ2) is 5.01. The lowest BCUT2D eigenvalue weighted by Crippen LogP contribution is -2.47. The SMILES string of the molecule is Cc1nc(NC2CCC(=O)NC2=O)ccc1[N+](=O)[O-]. The van der Waals surface area contributed by atoms with E-state index in [0.717, 1.165) is 0 Å². The molecule has 8 heteroatoms. The van der Waals surface area contributed by atoms with Gasteiger partial charge in [0.2, 0.25) is 11.8 Å². The minimum Gasteiger partial charge on any atom is -0.358 e. The minimum atomic E-state index is -0.550. The highest BCUT2D eigenvalue weighted by Gasteiger charge is 2.26. The normalized spacial score (nSPS) is 18.9. The van der Waals surface area contributed by atoms with Crippen LogP contribution < -0.4 is 10.6 Å². The maximum atomic E-state index is 11.5. The smallest absolute Gasteiger partial charge is 0.290 e. The fourth-order valence-electron chi connectivity index (χ4n) is 1.84. The third-order valence-electron chi connectivity index (χ3n) is 2.82. The fraction of sp³-hybridized carbons (Fsp3) is 0.364. The highest BCUT2D eigenvalue weighted by Crippen LogP contribution is 2.19. The predicted octanol–water partition coefficient (Wildman–Crippen LogP) is 0.515. The molecule has 1 aromatic heterocycles. The maximum Gasteiger partial charge on any atom is 0.290 e. The van der Waals surface area contributed by atoms with Crippen molar-refractivity contribution in [3.63, 3.8) is 0 Å². The lowest BCUT2D eigenvalue weighted by Gasteiger charge is -2.22. The average Bonchev–Trinajstić information content (AvgIpc) is 2.32. The summed E-state index contributed by atoms with van der Waals surface area (Å²) >= 11 is 0. The third kappa shape index (κ3) is 2.84. The molecule has 0 spiro atoms. The van der Waals surface area contributed by atoms with Gasteiger partial charge in [0.25, 0.3) is 5.69 Å². The lowest BCUT2D eigenvalue weighted by molar-refractivity contribution is -0.385. The van der Waals surface area contributed by atoms with Crippen LogP contribution in [-0.4, -0.2) is 27.8 Å². The summed E-state index contributed by atoms with van der Waals surface area (Å²) in [7, 11) is 0. The number of nitro groups is 1. The number of carbonyl (C=O) groups excluding carboxylic acids is 2. The van der Waals surface area contributed by atoms with Gasteiger partial charge in [-0.25, -0.2) is 4.98 Å². The molecular weight excluding hydrogens is 252 g/mol. The summed E-state index contributed by atoms with van der Waals surface area (Å²) in [5, 5.41) is 15.7. The van der Waals surface area contributed by atoms with E-state index in [-0.39, 0.29) is 23.7 Å². The van der Waals surface area contributed by atoms with Gasteiger partial charge in [0.1, 0.15) is 17.6 Å². The Kier molecular flexibility index (Phi) is 3.41. The summed E-state index contributed by atoms with van der Waals surface area (Å²) in [5.74, 6) is -0.331. The molecular formula is C11H12N4O4. The first kappa shape index (κ1) is 12.9. The summed E-state index contributed by atoms with van der Waals surface area (Å²) in [4.78, 5) is 36.7. The lowest BCUT2D eigenvalue weighted by atomic mass is 10.1. The number of hydrogen-bond donors (Lipinski definition) is 2. The van der Waals surface area contributed by atoms with Crippen molar-refractivity contribution in [3.05, 3.63) is 27.9 Å². The molecule has 100 valence electrons. The Morgan fingerprint density at radius 2 is 2.21 bits per heavy atom. The zero-order valence-corrected chi connectivity index (χ0v) is 10.2. The van der Waals surface area contributed by atoms with Crippen LogP contribution in [-0.2, 0) is 9.59 Å². The van der Waals surface area contributed by atoms with Gasteiger partial charge in [0.05, 0.1) is 4.92 Å². The van der Waals surface area contributed by atoms with E-state index in [1.807, 2.05) is 0 Å². The Balaban J connectivity index is 2.11. The number of nitrogens with one attached hydrogen (secondary N) is 2. The monoisotopic (exact) mass is 264 g/mol. The van der Waals surface area contributed by atoms with Gasteiger partial charge in [-0.2, -0.15) is 0 Å². The molecule has 2 N–H and O–H groups in total. The summed E-state index contributed by atoms with van der Waals surface area (Å²) in [5.41, 5.74) is 0.191. The summed E-state index contributed by atoms with van der Waals surface area (Å²) in [6, 6.07) is 2.22. The van der Waals surface area contributed by atoms with Crippen molar-refractivity contribution in [3.8, 4) is 0 Å². The van der Waals surface area contributed by atoms with Crippen LogP contribution in [0.3, 0.4) is 0 Å². The molecule has 2 heterocycles. The van der Waals surface area contributed by atoms with E-state index in [0.29, 0.717) is 12.2 Å². The van der Waals surface area contributed by atoms with Crippen LogP contribution in [0.2, 0.25) is 0 Å². The molecule has 2 rings (SSSR count). The van der Waals surface area contributed by atoms with Gasteiger partial charge in [-0.05, 0) is 19.4 Å². The first-order valence-electron chi connectivity index (χ1n) is 5.69. The van der Waals surface area contributed by atoms with Crippen LogP contribution in [0.1, 0.15) is 18.5 Å². The number of aromatic nitrogens is 1. The van der Waals surface area contributed by atoms with E-state index in [1.165, 1.54) is 19.1 Å². The molecule has 19 heavy (non-hydrogen) atoms. The van der Waals surface area contributed by atoms with Crippen molar-refractivity contribution in [1.82, 2.24) is 10.3 Å². The Morgan fingerprint density at radius 3 is 2.79 bits per heavy atom. The summed E-state index contributed by atoms with van der Waals surface area (Å²) in [6.07, 6.45) is 0.637. The molecule has 0 aliphatic carbocycles. The first-order valence-corrected chi connectivity index (χ1v) is 5.69. The number of nitrogens with zero attached hydrogens (tertiary/aromatic N) is 2. The maximum absolute atomic E-state index is 11.5. The first-order chi connectivity index (χ1) is 8.97. The van der Waals surface area contributed by atoms with Gasteiger partial charge in [0, 0.05) is 12.5 Å². The second-order valence-electron chi connectivity index (χ2n) is 4.21. The average molecular weight is 264 g/mol. The van der Waals surface area contributed by atoms with Gasteiger partial charge in [0.15, 0.2) is 0 Å². The van der Waals surface area contributed by atoms with E-state index >= 15 is 0 Å². The highest BCUT2D eigenvalue weighted by atomic mass is 16.6. The molecule has 0 aromatic carbocycles. The van der Waals surface area contributed by atoms with Gasteiger partial charge >= 0.3 is 0 Å². The van der Waals surface area contributed by atoms with Gasteiger partial charge in [-0.15, -0.1) is 0 Å². The number of rotatable bonds is 3. The molecule has 1 atom stereocenters. The quantitative estimate of drug-likeness (QED) is 0.467. The Morgan fingerprint density at radius 1 is 1.47 bits per heavy atom. The molecule has 1 aromatic rings. The van der Waals surface area contributed by atoms with Crippen LogP contribution in [0.5, 0.6) is 0 Å². The van der Waals surface area contributed by atoms with E-state index in [1.54, 1.807) is 0 Å². The topological polar surface area (TPSA) is 114 Å². The van der Waals surface area contributed by atoms with Gasteiger partial charge < -0.3 is 5.32 Å². The van der Waals surface area contributed by atoms with Gasteiger partial charge in [-0.3, -0.25) is 25.0 Å². The Bertz CT molecular complexity index is 558. The molecule has 1 unspecified atom stereocenters. The third-order valence-corrected chi connectivity index (χ3v) is 2.82. The standard InChI is InChI=1S/C11H12N4O4/c1-6-8(15(18)19)3-4-9(12-6)13-7-2-5-10(16)14-11(7)17/h3-4,7H,2,5H2,1H3,(H,12,13)(H,14,16,17). The number of pyridine rings is 1. The number of anilines is 1. The predicted molar refractivity (Wildman–Crippen MR) is 65.4 cm³/mol. The largest absolute Gasteiger partial charge is 0.358 e. The van der Waals surface area contributed by atoms with Crippen LogP contribution in [0, 0.1) is 17.0 Å². The number of carbonyl (C=O) groups is 2. The number of imide groups is 1. The molecule has 0 radical (unpaired) electrons. The number of piperidine rings is 1. The molecule has 8 nitrogen and oxygen atoms in total. The fourth-order valence-corrected chi connectivity index (χ4v) is 1.84. The van der Waals surface area contributed by atoms with Crippen LogP contribution in [0.15, 0.2) is 12.1 Å². The highest BCUT2D eigenvalue weighted by molar-refractivity contribution is 6.01. The Hall–Kier alpha value is -2.51. The molecule has 1 aliphatic heterocycles. The summed E-state index contributed by atoms with van der Waals surface area (Å²) < 4.78 is 0. The van der Waals surface area contributed by atoms with Crippen molar-refractivity contribution in [2.45, 2.75) is 25.8 Å². The molecule has 0 bridgehead atoms. The van der Waals surface area contributed by atoms with Crippen molar-refractivity contribution >= 4 is 23.3 Å². The molecule has 0 saturated carbocycles. The number of amides is 2. The van der Waals surface area contributed by atoms with Crippen molar-refractivity contribution < 1.29 is 14.5 Å². The molecule has 1 fully saturated rings. The number of hydrogen-bond acceptors (Lipinski definition) is 6. The molecule has 2 amide bonds. The molecule has 1 aliphatic rings. The van der Waals surface area contributed by atoms with E-state index < -0.39 is 16.9 Å². The van der Waals surface area contributed by atoms with E-state index in [4.69, 9.17) is 0 Å². The van der Waals surface area contributed by atoms with Crippen molar-refractivity contribution in [2.75, 3.05) is 5.32 Å². The van der Waals surface area contributed by atoms with Crippen LogP contribution >= 0.6 is 0 Å². The van der Waals surface area contributed by atoms with E-state index in [9.17, 15) is 19.7 Å². The minimum absolute atomic E-state index is 0.0752. The number of aryl methyl sites for hydroxylation is 1. The van der Waals surface area contributed by atoms with Crippen LogP contribution in [0.4, 0.5) is 11.5 Å². The summed E-state index contributed by atoms with van der Waals surface area (Å²) in [6.45, 7) is 1.52. The Labute approximate surface area is 108 Å². The molecule has 1 saturated heterocycles. The van der Waals surface area contributed by atoms with Crippen LogP contribution in [0.25, 0.3) is 0 Å². The zero-order valence-electron chi connectivity index (χ0n) is 10.2. The van der Waals surface area contributed by atoms with Crippen molar-refractivity contribution in [2.24, 2.45) is 0 Å². The van der Waals surface area contributed by atoms with E-state index in [2.05, 4.69) is 15.6 Å². The zero-order chi connectivity index (χ0) is 14.0. The van der Waals surface area contributed by atoms with Gasteiger partial charge in [-0.1, -0.05) is 0 Å².